The maximum absolute atomic E-state index is 12.1. The molecule has 0 atom stereocenters. The minimum Gasteiger partial charge on any atom is -0.442 e. The van der Waals surface area contributed by atoms with E-state index in [0.29, 0.717) is 17.7 Å². The van der Waals surface area contributed by atoms with E-state index >= 15 is 0 Å². The van der Waals surface area contributed by atoms with E-state index in [2.05, 4.69) is 15.8 Å². The van der Waals surface area contributed by atoms with Crippen molar-refractivity contribution in [2.45, 2.75) is 52.7 Å². The van der Waals surface area contributed by atoms with Gasteiger partial charge in [-0.3, -0.25) is 24.2 Å². The molecule has 0 unspecified atom stereocenters. The second-order valence-electron chi connectivity index (χ2n) is 9.00. The van der Waals surface area contributed by atoms with Gasteiger partial charge in [0.05, 0.1) is 30.9 Å². The molecule has 0 bridgehead atoms. The average Bonchev–Trinajstić information content (AvgIpc) is 2.94. The second-order valence-corrected chi connectivity index (χ2v) is 9.00. The summed E-state index contributed by atoms with van der Waals surface area (Å²) < 4.78 is 9.85. The SMILES string of the molecule is CC(C)(C)OC(=O)NOCCN.CC(C)(C)OC(=O)NOCCN1C(=O)c2ccccc2C1=O. The highest BCUT2D eigenvalue weighted by Gasteiger charge is 2.34. The van der Waals surface area contributed by atoms with Gasteiger partial charge in [-0.05, 0) is 53.7 Å². The van der Waals surface area contributed by atoms with Crippen LogP contribution in [-0.4, -0.2) is 66.4 Å². The van der Waals surface area contributed by atoms with Gasteiger partial charge in [-0.1, -0.05) is 12.1 Å². The molecule has 0 aromatic heterocycles. The number of carbonyl (C=O) groups excluding carboxylic acids is 4. The normalized spacial score (nSPS) is 13.0. The van der Waals surface area contributed by atoms with Crippen molar-refractivity contribution in [1.29, 1.82) is 0 Å². The summed E-state index contributed by atoms with van der Waals surface area (Å²) in [7, 11) is 0. The highest BCUT2D eigenvalue weighted by molar-refractivity contribution is 6.21. The number of imide groups is 1. The summed E-state index contributed by atoms with van der Waals surface area (Å²) in [5.74, 6) is -0.720. The molecule has 0 fully saturated rings. The van der Waals surface area contributed by atoms with Gasteiger partial charge in [0.1, 0.15) is 11.2 Å². The summed E-state index contributed by atoms with van der Waals surface area (Å²) in [6.45, 7) is 11.2. The van der Waals surface area contributed by atoms with E-state index < -0.39 is 23.4 Å². The van der Waals surface area contributed by atoms with Crippen molar-refractivity contribution < 1.29 is 38.3 Å². The summed E-state index contributed by atoms with van der Waals surface area (Å²) in [6, 6.07) is 6.62. The second kappa shape index (κ2) is 12.9. The smallest absolute Gasteiger partial charge is 0.431 e. The summed E-state index contributed by atoms with van der Waals surface area (Å²) in [4.78, 5) is 57.0. The highest BCUT2D eigenvalue weighted by Crippen LogP contribution is 2.21. The van der Waals surface area contributed by atoms with Gasteiger partial charge >= 0.3 is 12.2 Å². The monoisotopic (exact) mass is 482 g/mol. The van der Waals surface area contributed by atoms with Crippen LogP contribution < -0.4 is 16.7 Å². The van der Waals surface area contributed by atoms with Crippen LogP contribution in [0, 0.1) is 0 Å². The Morgan fingerprint density at radius 1 is 0.824 bits per heavy atom. The number of amides is 4. The Kier molecular flexibility index (Phi) is 10.9. The Morgan fingerprint density at radius 3 is 1.62 bits per heavy atom. The molecule has 1 aromatic carbocycles. The minimum absolute atomic E-state index is 0.0231. The first kappa shape index (κ1) is 28.8. The number of carbonyl (C=O) groups is 4. The van der Waals surface area contributed by atoms with Crippen LogP contribution in [-0.2, 0) is 19.1 Å². The number of fused-ring (bicyclic) bond motifs is 1. The van der Waals surface area contributed by atoms with E-state index in [0.717, 1.165) is 4.90 Å². The molecule has 1 heterocycles. The molecule has 1 aliphatic rings. The Labute approximate surface area is 198 Å². The zero-order valence-electron chi connectivity index (χ0n) is 20.4. The van der Waals surface area contributed by atoms with E-state index in [9.17, 15) is 19.2 Å². The number of ether oxygens (including phenoxy) is 2. The Hall–Kier alpha value is -3.22. The number of nitrogens with one attached hydrogen (secondary N) is 2. The van der Waals surface area contributed by atoms with Crippen LogP contribution in [0.2, 0.25) is 0 Å². The molecule has 2 rings (SSSR count). The molecule has 0 saturated heterocycles. The molecule has 0 spiro atoms. The van der Waals surface area contributed by atoms with Gasteiger partial charge in [0.2, 0.25) is 0 Å². The Bertz CT molecular complexity index is 826. The topological polar surface area (TPSA) is 159 Å². The number of nitrogens with two attached hydrogens (primary N) is 1. The van der Waals surface area contributed by atoms with Crippen molar-refractivity contribution in [3.05, 3.63) is 35.4 Å². The first-order chi connectivity index (χ1) is 15.7. The average molecular weight is 483 g/mol. The summed E-state index contributed by atoms with van der Waals surface area (Å²) in [5.41, 5.74) is 8.96. The van der Waals surface area contributed by atoms with Crippen LogP contribution in [0.3, 0.4) is 0 Å². The molecule has 1 aromatic rings. The molecule has 34 heavy (non-hydrogen) atoms. The van der Waals surface area contributed by atoms with Crippen molar-refractivity contribution in [2.75, 3.05) is 26.3 Å². The van der Waals surface area contributed by atoms with Crippen molar-refractivity contribution in [1.82, 2.24) is 15.9 Å². The summed E-state index contributed by atoms with van der Waals surface area (Å²) >= 11 is 0. The molecule has 0 saturated carbocycles. The third-order valence-electron chi connectivity index (χ3n) is 3.62. The third kappa shape index (κ3) is 10.6. The lowest BCUT2D eigenvalue weighted by molar-refractivity contribution is -0.0107. The number of nitrogens with zero attached hydrogens (tertiary/aromatic N) is 1. The van der Waals surface area contributed by atoms with E-state index in [1.807, 2.05) is 0 Å². The van der Waals surface area contributed by atoms with Crippen molar-refractivity contribution >= 4 is 24.0 Å². The van der Waals surface area contributed by atoms with E-state index in [1.165, 1.54) is 0 Å². The molecular formula is C22H34N4O8. The van der Waals surface area contributed by atoms with E-state index in [-0.39, 0.29) is 31.6 Å². The third-order valence-corrected chi connectivity index (χ3v) is 3.62. The molecule has 4 amide bonds. The lowest BCUT2D eigenvalue weighted by Gasteiger charge is -2.19. The van der Waals surface area contributed by atoms with Gasteiger partial charge in [-0.25, -0.2) is 9.59 Å². The fourth-order valence-electron chi connectivity index (χ4n) is 2.46. The van der Waals surface area contributed by atoms with Crippen LogP contribution in [0.5, 0.6) is 0 Å². The number of hydrogen-bond acceptors (Lipinski definition) is 9. The van der Waals surface area contributed by atoms with Gasteiger partial charge in [0.25, 0.3) is 11.8 Å². The first-order valence-electron chi connectivity index (χ1n) is 10.6. The van der Waals surface area contributed by atoms with Crippen LogP contribution in [0.4, 0.5) is 9.59 Å². The lowest BCUT2D eigenvalue weighted by Crippen LogP contribution is -2.37. The number of rotatable bonds is 7. The zero-order valence-corrected chi connectivity index (χ0v) is 20.4. The molecule has 12 heteroatoms. The fourth-order valence-corrected chi connectivity index (χ4v) is 2.46. The maximum Gasteiger partial charge on any atom is 0.431 e. The predicted octanol–water partition coefficient (Wildman–Crippen LogP) is 2.14. The molecule has 4 N–H and O–H groups in total. The predicted molar refractivity (Wildman–Crippen MR) is 122 cm³/mol. The summed E-state index contributed by atoms with van der Waals surface area (Å²) in [5, 5.41) is 0. The zero-order chi connectivity index (χ0) is 25.9. The van der Waals surface area contributed by atoms with Gasteiger partial charge in [-0.2, -0.15) is 11.0 Å². The van der Waals surface area contributed by atoms with E-state index in [4.69, 9.17) is 20.0 Å². The number of hydrogen-bond donors (Lipinski definition) is 3. The highest BCUT2D eigenvalue weighted by atomic mass is 16.7. The molecule has 12 nitrogen and oxygen atoms in total. The van der Waals surface area contributed by atoms with Gasteiger partial charge in [-0.15, -0.1) is 0 Å². The lowest BCUT2D eigenvalue weighted by atomic mass is 10.1. The first-order valence-corrected chi connectivity index (χ1v) is 10.6. The van der Waals surface area contributed by atoms with Gasteiger partial charge in [0, 0.05) is 6.54 Å². The van der Waals surface area contributed by atoms with Crippen LogP contribution >= 0.6 is 0 Å². The minimum atomic E-state index is -0.727. The number of benzene rings is 1. The van der Waals surface area contributed by atoms with Crippen molar-refractivity contribution in [3.8, 4) is 0 Å². The molecule has 0 radical (unpaired) electrons. The van der Waals surface area contributed by atoms with Crippen molar-refractivity contribution in [3.63, 3.8) is 0 Å². The van der Waals surface area contributed by atoms with Crippen LogP contribution in [0.25, 0.3) is 0 Å². The molecule has 0 aliphatic carbocycles. The molecule has 190 valence electrons. The molecule has 1 aliphatic heterocycles. The van der Waals surface area contributed by atoms with Gasteiger partial charge in [0.15, 0.2) is 0 Å². The maximum atomic E-state index is 12.1. The fraction of sp³-hybridized carbons (Fsp3) is 0.545. The van der Waals surface area contributed by atoms with Crippen LogP contribution in [0.15, 0.2) is 24.3 Å². The standard InChI is InChI=1S/C15H18N2O5.C7H16N2O3/c1-15(2,3)22-14(20)16-21-9-8-17-12(18)10-6-4-5-7-11(10)13(17)19;1-7(2,3)12-6(10)9-11-5-4-8/h4-7H,8-9H2,1-3H3,(H,16,20);4-5,8H2,1-3H3,(H,9,10). The molecular weight excluding hydrogens is 448 g/mol. The Morgan fingerprint density at radius 2 is 1.24 bits per heavy atom. The van der Waals surface area contributed by atoms with E-state index in [1.54, 1.807) is 65.8 Å². The number of hydroxylamine groups is 2. The van der Waals surface area contributed by atoms with Crippen LogP contribution in [0.1, 0.15) is 62.3 Å². The quantitative estimate of drug-likeness (QED) is 0.301. The van der Waals surface area contributed by atoms with Gasteiger partial charge < -0.3 is 15.2 Å². The summed E-state index contributed by atoms with van der Waals surface area (Å²) in [6.07, 6.45) is -1.33. The largest absolute Gasteiger partial charge is 0.442 e. The Balaban J connectivity index is 0.000000411. The van der Waals surface area contributed by atoms with Crippen molar-refractivity contribution in [2.24, 2.45) is 5.73 Å².